The van der Waals surface area contributed by atoms with Crippen LogP contribution in [0.4, 0.5) is 0 Å². The van der Waals surface area contributed by atoms with Gasteiger partial charge in [0.1, 0.15) is 10.1 Å². The van der Waals surface area contributed by atoms with Crippen LogP contribution in [-0.4, -0.2) is 13.0 Å². The summed E-state index contributed by atoms with van der Waals surface area (Å²) in [5.41, 5.74) is 2.17. The molecule has 3 nitrogen and oxygen atoms in total. The fraction of sp³-hybridized carbons (Fsp3) is 0.615. The van der Waals surface area contributed by atoms with Gasteiger partial charge >= 0.3 is 29.6 Å². The van der Waals surface area contributed by atoms with Gasteiger partial charge in [0.25, 0.3) is 0 Å². The molecule has 0 atom stereocenters. The van der Waals surface area contributed by atoms with Crippen LogP contribution in [0.2, 0.25) is 0 Å². The number of unbranched alkanes of at least 4 members (excludes halogenated alkanes) is 10. The minimum Gasteiger partial charge on any atom is -0.744 e. The van der Waals surface area contributed by atoms with E-state index in [1.54, 1.807) is 12.1 Å². The van der Waals surface area contributed by atoms with Crippen molar-refractivity contribution in [1.82, 2.24) is 0 Å². The summed E-state index contributed by atoms with van der Waals surface area (Å²) in [6, 6.07) is 9.46. The van der Waals surface area contributed by atoms with Gasteiger partial charge in [-0.1, -0.05) is 96.3 Å². The van der Waals surface area contributed by atoms with Gasteiger partial charge in [0.15, 0.2) is 0 Å². The second-order valence-electron chi connectivity index (χ2n) is 8.58. The number of hydrogen-bond donors (Lipinski definition) is 0. The van der Waals surface area contributed by atoms with Crippen LogP contribution in [-0.2, 0) is 23.0 Å². The molecule has 0 heterocycles. The minimum absolute atomic E-state index is 0. The largest absolute Gasteiger partial charge is 1.00 e. The second kappa shape index (κ2) is 15.4. The third kappa shape index (κ3) is 9.96. The Labute approximate surface area is 212 Å². The fourth-order valence-electron chi connectivity index (χ4n) is 4.26. The van der Waals surface area contributed by atoms with Crippen LogP contribution in [0.15, 0.2) is 35.2 Å². The molecule has 0 aromatic heterocycles. The summed E-state index contributed by atoms with van der Waals surface area (Å²) < 4.78 is 35.4. The quantitative estimate of drug-likeness (QED) is 0.225. The molecule has 0 bridgehead atoms. The maximum Gasteiger partial charge on any atom is 1.00 e. The summed E-state index contributed by atoms with van der Waals surface area (Å²) in [5.74, 6) is 0. The Morgan fingerprint density at radius 2 is 1.19 bits per heavy atom. The van der Waals surface area contributed by atoms with Crippen LogP contribution in [0, 0.1) is 0 Å². The van der Waals surface area contributed by atoms with Gasteiger partial charge in [0.2, 0.25) is 0 Å². The third-order valence-corrected chi connectivity index (χ3v) is 6.85. The van der Waals surface area contributed by atoms with Gasteiger partial charge in [0, 0.05) is 0 Å². The first-order valence-corrected chi connectivity index (χ1v) is 13.4. The number of hydrogen-bond acceptors (Lipinski definition) is 3. The molecule has 0 fully saturated rings. The van der Waals surface area contributed by atoms with Crippen molar-refractivity contribution in [2.24, 2.45) is 0 Å². The Morgan fingerprint density at radius 3 is 1.74 bits per heavy atom. The minimum atomic E-state index is -4.46. The van der Waals surface area contributed by atoms with Crippen molar-refractivity contribution in [3.63, 3.8) is 0 Å². The summed E-state index contributed by atoms with van der Waals surface area (Å²) in [6.07, 6.45) is 16.3. The Kier molecular flexibility index (Phi) is 14.3. The first-order valence-electron chi connectivity index (χ1n) is 12.0. The molecule has 0 unspecified atom stereocenters. The smallest absolute Gasteiger partial charge is 0.744 e. The Balaban J connectivity index is 0.00000480. The number of benzene rings is 2. The van der Waals surface area contributed by atoms with Crippen molar-refractivity contribution in [2.75, 3.05) is 0 Å². The molecule has 0 amide bonds. The summed E-state index contributed by atoms with van der Waals surface area (Å²) in [7, 11) is -4.46. The number of rotatable bonds is 15. The first-order chi connectivity index (χ1) is 14.5. The van der Waals surface area contributed by atoms with Crippen molar-refractivity contribution >= 4 is 20.9 Å². The summed E-state index contributed by atoms with van der Waals surface area (Å²) in [6.45, 7) is 4.43. The normalized spacial score (nSPS) is 11.6. The van der Waals surface area contributed by atoms with E-state index in [2.05, 4.69) is 32.0 Å². The number of fused-ring (bicyclic) bond motifs is 1. The van der Waals surface area contributed by atoms with Crippen LogP contribution < -0.4 is 29.6 Å². The van der Waals surface area contributed by atoms with Gasteiger partial charge < -0.3 is 4.55 Å². The molecule has 0 aliphatic carbocycles. The van der Waals surface area contributed by atoms with E-state index in [0.29, 0.717) is 0 Å². The summed E-state index contributed by atoms with van der Waals surface area (Å²) in [4.78, 5) is -0.0774. The molecular weight excluding hydrogens is 415 g/mol. The van der Waals surface area contributed by atoms with E-state index in [1.807, 2.05) is 0 Å². The molecule has 5 heteroatoms. The first kappa shape index (κ1) is 28.6. The molecule has 2 aromatic carbocycles. The Bertz CT molecular complexity index is 878. The molecule has 31 heavy (non-hydrogen) atoms. The van der Waals surface area contributed by atoms with E-state index >= 15 is 0 Å². The van der Waals surface area contributed by atoms with E-state index in [-0.39, 0.29) is 34.5 Å². The molecule has 0 saturated carbocycles. The van der Waals surface area contributed by atoms with Gasteiger partial charge in [-0.15, -0.1) is 0 Å². The predicted molar refractivity (Wildman–Crippen MR) is 126 cm³/mol. The van der Waals surface area contributed by atoms with Crippen molar-refractivity contribution in [1.29, 1.82) is 0 Å². The van der Waals surface area contributed by atoms with Crippen LogP contribution in [0.1, 0.15) is 102 Å². The van der Waals surface area contributed by atoms with Crippen molar-refractivity contribution in [3.05, 3.63) is 41.5 Å². The van der Waals surface area contributed by atoms with Gasteiger partial charge in [-0.05, 0) is 59.7 Å². The van der Waals surface area contributed by atoms with E-state index in [1.165, 1.54) is 57.8 Å². The van der Waals surface area contributed by atoms with Crippen molar-refractivity contribution in [3.8, 4) is 0 Å². The SMILES string of the molecule is CCCCCCCCc1cc(S(=O)(=O)[O-])cc2c(CCCCCCCC)cccc12.[Na+]. The molecule has 0 aliphatic rings. The van der Waals surface area contributed by atoms with E-state index in [4.69, 9.17) is 0 Å². The third-order valence-electron chi connectivity index (χ3n) is 6.03. The zero-order valence-electron chi connectivity index (χ0n) is 19.9. The maximum absolute atomic E-state index is 11.8. The summed E-state index contributed by atoms with van der Waals surface area (Å²) in [5, 5.41) is 2.06. The zero-order chi connectivity index (χ0) is 21.8. The van der Waals surface area contributed by atoms with Gasteiger partial charge in [0.05, 0.1) is 4.90 Å². The second-order valence-corrected chi connectivity index (χ2v) is 9.96. The Hall–Kier alpha value is -0.390. The van der Waals surface area contributed by atoms with Crippen LogP contribution >= 0.6 is 0 Å². The van der Waals surface area contributed by atoms with Gasteiger partial charge in [-0.2, -0.15) is 0 Å². The average Bonchev–Trinajstić information content (AvgIpc) is 2.72. The van der Waals surface area contributed by atoms with E-state index in [9.17, 15) is 13.0 Å². The molecule has 0 saturated heterocycles. The molecule has 2 aromatic rings. The van der Waals surface area contributed by atoms with Crippen LogP contribution in [0.5, 0.6) is 0 Å². The Morgan fingerprint density at radius 1 is 0.677 bits per heavy atom. The summed E-state index contributed by atoms with van der Waals surface area (Å²) >= 11 is 0. The predicted octanol–water partition coefficient (Wildman–Crippen LogP) is 4.55. The van der Waals surface area contributed by atoms with Crippen LogP contribution in [0.3, 0.4) is 0 Å². The average molecular weight is 455 g/mol. The van der Waals surface area contributed by atoms with Gasteiger partial charge in [-0.3, -0.25) is 0 Å². The topological polar surface area (TPSA) is 57.2 Å². The van der Waals surface area contributed by atoms with E-state index < -0.39 is 10.1 Å². The molecule has 0 N–H and O–H groups in total. The molecule has 0 aliphatic heterocycles. The van der Waals surface area contributed by atoms with Gasteiger partial charge in [-0.25, -0.2) is 8.42 Å². The molecule has 168 valence electrons. The molecular formula is C26H39NaO3S. The monoisotopic (exact) mass is 454 g/mol. The van der Waals surface area contributed by atoms with Crippen molar-refractivity contribution < 1.29 is 42.5 Å². The van der Waals surface area contributed by atoms with Crippen LogP contribution in [0.25, 0.3) is 10.8 Å². The fourth-order valence-corrected chi connectivity index (χ4v) is 4.81. The zero-order valence-corrected chi connectivity index (χ0v) is 22.7. The molecule has 2 rings (SSSR count). The van der Waals surface area contributed by atoms with Crippen molar-refractivity contribution in [2.45, 2.75) is 109 Å². The maximum atomic E-state index is 11.8. The molecule has 0 spiro atoms. The number of aryl methyl sites for hydroxylation is 2. The molecule has 0 radical (unpaired) electrons. The standard InChI is InChI=1S/C26H40O3S.Na/c1-3-5-7-9-11-13-16-22-18-15-19-25-23(17-14-12-10-8-6-4-2)20-24(21-26(22)25)30(27,28)29;/h15,18-21H,3-14,16-17H2,1-2H3,(H,27,28,29);/q;+1/p-1. The van der Waals surface area contributed by atoms with E-state index in [0.717, 1.165) is 54.0 Å².